The first-order valence-corrected chi connectivity index (χ1v) is 13.3. The minimum absolute atomic E-state index is 0.152. The third kappa shape index (κ3) is 4.69. The topological polar surface area (TPSA) is 64.6 Å². The fraction of sp³-hybridized carbons (Fsp3) is 0.172. The van der Waals surface area contributed by atoms with Gasteiger partial charge in [0.15, 0.2) is 11.5 Å². The summed E-state index contributed by atoms with van der Waals surface area (Å²) in [7, 11) is 0. The Bertz CT molecular complexity index is 1540. The molecule has 38 heavy (non-hydrogen) atoms. The summed E-state index contributed by atoms with van der Waals surface area (Å²) < 4.78 is 11.3. The second kappa shape index (κ2) is 10.7. The Morgan fingerprint density at radius 3 is 2.26 bits per heavy atom. The molecule has 0 radical (unpaired) electrons. The number of esters is 1. The number of benzene rings is 3. The Labute approximate surface area is 239 Å². The maximum absolute atomic E-state index is 13.6. The maximum atomic E-state index is 13.6. The van der Waals surface area contributed by atoms with Gasteiger partial charge in [0.25, 0.3) is 0 Å². The number of ketones is 1. The summed E-state index contributed by atoms with van der Waals surface area (Å²) in [6, 6.07) is 15.8. The highest BCUT2D eigenvalue weighted by Gasteiger charge is 2.43. The maximum Gasteiger partial charge on any atom is 0.336 e. The molecule has 0 unspecified atom stereocenters. The first-order valence-electron chi connectivity index (χ1n) is 11.8. The SMILES string of the molecule is CCOC(=O)C1=C(C)NC2=C(C(=O)c3ccccc32)[C@@H]1c1cc(Cl)c(OCc2ccc(Cl)c(Cl)c2)c(Cl)c1. The number of halogens is 4. The summed E-state index contributed by atoms with van der Waals surface area (Å²) in [5, 5.41) is 4.58. The molecule has 3 aromatic rings. The van der Waals surface area contributed by atoms with Crippen LogP contribution in [0.15, 0.2) is 71.4 Å². The van der Waals surface area contributed by atoms with Crippen LogP contribution < -0.4 is 10.1 Å². The van der Waals surface area contributed by atoms with E-state index in [2.05, 4.69) is 5.32 Å². The zero-order valence-corrected chi connectivity index (χ0v) is 23.4. The van der Waals surface area contributed by atoms with E-state index in [1.54, 1.807) is 50.2 Å². The van der Waals surface area contributed by atoms with E-state index in [1.165, 1.54) is 0 Å². The van der Waals surface area contributed by atoms with Gasteiger partial charge in [-0.05, 0) is 49.2 Å². The first-order chi connectivity index (χ1) is 18.2. The van der Waals surface area contributed by atoms with E-state index in [0.717, 1.165) is 11.1 Å². The molecule has 1 atom stereocenters. The van der Waals surface area contributed by atoms with Gasteiger partial charge in [-0.15, -0.1) is 0 Å². The van der Waals surface area contributed by atoms with Gasteiger partial charge >= 0.3 is 5.97 Å². The first kappa shape index (κ1) is 26.6. The second-order valence-corrected chi connectivity index (χ2v) is 10.5. The quantitative estimate of drug-likeness (QED) is 0.295. The van der Waals surface area contributed by atoms with E-state index in [0.29, 0.717) is 43.7 Å². The van der Waals surface area contributed by atoms with Crippen LogP contribution in [0.5, 0.6) is 5.75 Å². The fourth-order valence-corrected chi connectivity index (χ4v) is 5.74. The Balaban J connectivity index is 1.56. The molecule has 5 rings (SSSR count). The molecule has 1 aliphatic carbocycles. The third-order valence-electron chi connectivity index (χ3n) is 6.47. The van der Waals surface area contributed by atoms with Gasteiger partial charge in [0.1, 0.15) is 6.61 Å². The van der Waals surface area contributed by atoms with Gasteiger partial charge in [0.2, 0.25) is 0 Å². The minimum atomic E-state index is -0.746. The molecule has 1 aliphatic heterocycles. The van der Waals surface area contributed by atoms with Crippen molar-refractivity contribution in [1.82, 2.24) is 5.32 Å². The van der Waals surface area contributed by atoms with Crippen molar-refractivity contribution in [3.8, 4) is 5.75 Å². The van der Waals surface area contributed by atoms with E-state index in [9.17, 15) is 9.59 Å². The summed E-state index contributed by atoms with van der Waals surface area (Å²) in [6.45, 7) is 3.85. The van der Waals surface area contributed by atoms with Crippen LogP contribution in [0.1, 0.15) is 46.8 Å². The van der Waals surface area contributed by atoms with Crippen molar-refractivity contribution in [2.75, 3.05) is 6.61 Å². The number of Topliss-reactive ketones (excluding diaryl/α,β-unsaturated/α-hetero) is 1. The smallest absolute Gasteiger partial charge is 0.336 e. The van der Waals surface area contributed by atoms with E-state index in [-0.39, 0.29) is 34.8 Å². The van der Waals surface area contributed by atoms with E-state index >= 15 is 0 Å². The molecular weight excluding hydrogens is 568 g/mol. The number of carbonyl (C=O) groups is 2. The number of rotatable bonds is 6. The zero-order valence-electron chi connectivity index (χ0n) is 20.3. The Kier molecular flexibility index (Phi) is 7.47. The lowest BCUT2D eigenvalue weighted by atomic mass is 9.80. The van der Waals surface area contributed by atoms with Crippen LogP contribution in [0.3, 0.4) is 0 Å². The molecule has 9 heteroatoms. The molecule has 0 spiro atoms. The van der Waals surface area contributed by atoms with E-state index in [4.69, 9.17) is 55.9 Å². The molecule has 5 nitrogen and oxygen atoms in total. The van der Waals surface area contributed by atoms with Crippen LogP contribution in [0.2, 0.25) is 20.1 Å². The van der Waals surface area contributed by atoms with Crippen molar-refractivity contribution >= 4 is 63.9 Å². The number of ether oxygens (including phenoxy) is 2. The summed E-state index contributed by atoms with van der Waals surface area (Å²) >= 11 is 25.4. The number of hydrogen-bond donors (Lipinski definition) is 1. The molecule has 1 N–H and O–H groups in total. The lowest BCUT2D eigenvalue weighted by molar-refractivity contribution is -0.138. The standard InChI is InChI=1S/C29H21Cl4NO4/c1-3-37-29(36)23-14(2)34-26-17-6-4-5-7-18(17)27(35)25(26)24(23)16-11-21(32)28(22(33)12-16)38-13-15-8-9-19(30)20(31)10-15/h4-12,24,34H,3,13H2,1-2H3/t24-/m1/s1. The van der Waals surface area contributed by atoms with Gasteiger partial charge in [-0.3, -0.25) is 4.79 Å². The molecule has 1 heterocycles. The molecule has 0 saturated heterocycles. The number of nitrogens with one attached hydrogen (secondary N) is 1. The average molecular weight is 589 g/mol. The van der Waals surface area contributed by atoms with Crippen LogP contribution in [0.25, 0.3) is 5.70 Å². The lowest BCUT2D eigenvalue weighted by Gasteiger charge is -2.29. The van der Waals surface area contributed by atoms with Crippen LogP contribution in [-0.4, -0.2) is 18.4 Å². The van der Waals surface area contributed by atoms with Crippen molar-refractivity contribution in [3.05, 3.63) is 114 Å². The van der Waals surface area contributed by atoms with Crippen molar-refractivity contribution < 1.29 is 19.1 Å². The summed E-state index contributed by atoms with van der Waals surface area (Å²) in [5.41, 5.74) is 4.70. The highest BCUT2D eigenvalue weighted by Crippen LogP contribution is 2.48. The van der Waals surface area contributed by atoms with Crippen LogP contribution >= 0.6 is 46.4 Å². The van der Waals surface area contributed by atoms with Gasteiger partial charge < -0.3 is 14.8 Å². The van der Waals surface area contributed by atoms with Crippen LogP contribution in [0, 0.1) is 0 Å². The van der Waals surface area contributed by atoms with E-state index in [1.807, 2.05) is 18.2 Å². The summed E-state index contributed by atoms with van der Waals surface area (Å²) in [4.78, 5) is 26.8. The third-order valence-corrected chi connectivity index (χ3v) is 7.77. The largest absolute Gasteiger partial charge is 0.486 e. The van der Waals surface area contributed by atoms with Crippen molar-refractivity contribution in [1.29, 1.82) is 0 Å². The molecule has 0 fully saturated rings. The second-order valence-electron chi connectivity index (χ2n) is 8.83. The number of hydrogen-bond acceptors (Lipinski definition) is 5. The Hall–Kier alpha value is -2.96. The summed E-state index contributed by atoms with van der Waals surface area (Å²) in [5.74, 6) is -1.17. The predicted molar refractivity (Wildman–Crippen MR) is 150 cm³/mol. The molecule has 0 bridgehead atoms. The Morgan fingerprint density at radius 2 is 1.61 bits per heavy atom. The zero-order chi connectivity index (χ0) is 27.1. The Morgan fingerprint density at radius 1 is 0.921 bits per heavy atom. The fourth-order valence-electron chi connectivity index (χ4n) is 4.81. The normalized spacial score (nSPS) is 16.3. The number of fused-ring (bicyclic) bond motifs is 2. The predicted octanol–water partition coefficient (Wildman–Crippen LogP) is 8.01. The minimum Gasteiger partial charge on any atom is -0.486 e. The summed E-state index contributed by atoms with van der Waals surface area (Å²) in [6.07, 6.45) is 0. The number of dihydropyridines is 1. The van der Waals surface area contributed by atoms with Crippen LogP contribution in [-0.2, 0) is 16.1 Å². The number of carbonyl (C=O) groups excluding carboxylic acids is 2. The average Bonchev–Trinajstić information content (AvgIpc) is 3.16. The van der Waals surface area contributed by atoms with Gasteiger partial charge in [-0.25, -0.2) is 4.79 Å². The highest BCUT2D eigenvalue weighted by atomic mass is 35.5. The van der Waals surface area contributed by atoms with Crippen molar-refractivity contribution in [3.63, 3.8) is 0 Å². The van der Waals surface area contributed by atoms with Gasteiger partial charge in [0.05, 0.1) is 38.0 Å². The molecule has 0 aromatic heterocycles. The monoisotopic (exact) mass is 587 g/mol. The van der Waals surface area contributed by atoms with Gasteiger partial charge in [0, 0.05) is 28.3 Å². The molecule has 194 valence electrons. The molecular formula is C29H21Cl4NO4. The van der Waals surface area contributed by atoms with Crippen LogP contribution in [0.4, 0.5) is 0 Å². The highest BCUT2D eigenvalue weighted by molar-refractivity contribution is 6.42. The van der Waals surface area contributed by atoms with Crippen molar-refractivity contribution in [2.24, 2.45) is 0 Å². The molecule has 0 saturated carbocycles. The number of allylic oxidation sites excluding steroid dienone is 2. The molecule has 2 aliphatic rings. The molecule has 0 amide bonds. The van der Waals surface area contributed by atoms with E-state index < -0.39 is 11.9 Å². The van der Waals surface area contributed by atoms with Gasteiger partial charge in [-0.1, -0.05) is 76.7 Å². The lowest BCUT2D eigenvalue weighted by Crippen LogP contribution is -2.29. The molecule has 3 aromatic carbocycles. The van der Waals surface area contributed by atoms with Crippen molar-refractivity contribution in [2.45, 2.75) is 26.4 Å². The van der Waals surface area contributed by atoms with Gasteiger partial charge in [-0.2, -0.15) is 0 Å².